The molecule has 0 aromatic carbocycles. The summed E-state index contributed by atoms with van der Waals surface area (Å²) in [5.74, 6) is -0.596. The van der Waals surface area contributed by atoms with Gasteiger partial charge in [0.15, 0.2) is 0 Å². The fourth-order valence-corrected chi connectivity index (χ4v) is 4.86. The molecule has 146 valence electrons. The third-order valence-corrected chi connectivity index (χ3v) is 7.16. The fraction of sp³-hybridized carbons (Fsp3) is 0.800. The van der Waals surface area contributed by atoms with Crippen LogP contribution in [0.4, 0.5) is 0 Å². The monoisotopic (exact) mass is 364 g/mol. The molecule has 0 bridgehead atoms. The van der Waals surface area contributed by atoms with Gasteiger partial charge >= 0.3 is 11.9 Å². The van der Waals surface area contributed by atoms with Gasteiger partial charge in [-0.2, -0.15) is 10.2 Å². The molecule has 0 saturated heterocycles. The van der Waals surface area contributed by atoms with E-state index in [1.807, 2.05) is 13.8 Å². The van der Waals surface area contributed by atoms with E-state index in [0.717, 1.165) is 24.3 Å². The lowest BCUT2D eigenvalue weighted by molar-refractivity contribution is -0.142. The molecule has 2 aliphatic carbocycles. The highest BCUT2D eigenvalue weighted by atomic mass is 16.4. The summed E-state index contributed by atoms with van der Waals surface area (Å²) in [4.78, 5) is 21.9. The summed E-state index contributed by atoms with van der Waals surface area (Å²) < 4.78 is 0. The van der Waals surface area contributed by atoms with Crippen molar-refractivity contribution in [1.82, 2.24) is 0 Å². The minimum atomic E-state index is -0.742. The van der Waals surface area contributed by atoms with Crippen LogP contribution in [0.2, 0.25) is 0 Å². The van der Waals surface area contributed by atoms with Gasteiger partial charge in [-0.15, -0.1) is 0 Å². The first-order chi connectivity index (χ1) is 11.9. The molecule has 0 aromatic rings. The molecule has 6 heteroatoms. The van der Waals surface area contributed by atoms with Crippen LogP contribution in [0.15, 0.2) is 10.2 Å². The van der Waals surface area contributed by atoms with E-state index < -0.39 is 11.9 Å². The van der Waals surface area contributed by atoms with Gasteiger partial charge in [-0.05, 0) is 49.4 Å². The van der Waals surface area contributed by atoms with Crippen LogP contribution in [0.3, 0.4) is 0 Å². The van der Waals surface area contributed by atoms with Crippen LogP contribution in [0.5, 0.6) is 0 Å². The number of carbonyl (C=O) groups is 2. The van der Waals surface area contributed by atoms with Crippen molar-refractivity contribution in [1.29, 1.82) is 0 Å². The zero-order valence-corrected chi connectivity index (χ0v) is 16.7. The van der Waals surface area contributed by atoms with E-state index >= 15 is 0 Å². The van der Waals surface area contributed by atoms with Gasteiger partial charge in [0.1, 0.15) is 0 Å². The molecule has 4 unspecified atom stereocenters. The highest BCUT2D eigenvalue weighted by Crippen LogP contribution is 2.54. The second-order valence-corrected chi connectivity index (χ2v) is 9.29. The third kappa shape index (κ3) is 3.84. The predicted molar refractivity (Wildman–Crippen MR) is 101 cm³/mol. The third-order valence-electron chi connectivity index (χ3n) is 7.16. The zero-order valence-electron chi connectivity index (χ0n) is 16.7. The van der Waals surface area contributed by atoms with Gasteiger partial charge in [0.05, 0.1) is 0 Å². The zero-order chi connectivity index (χ0) is 19.9. The second-order valence-electron chi connectivity index (χ2n) is 9.29. The molecular weight excluding hydrogens is 332 g/mol. The molecule has 2 saturated carbocycles. The Morgan fingerprint density at radius 3 is 1.35 bits per heavy atom. The van der Waals surface area contributed by atoms with Gasteiger partial charge in [-0.3, -0.25) is 9.59 Å². The van der Waals surface area contributed by atoms with Crippen LogP contribution in [0.25, 0.3) is 0 Å². The molecule has 2 fully saturated rings. The predicted octanol–water partition coefficient (Wildman–Crippen LogP) is 4.10. The average molecular weight is 364 g/mol. The largest absolute Gasteiger partial charge is 0.481 e. The normalized spacial score (nSPS) is 33.2. The Bertz CT molecular complexity index is 592. The number of aliphatic carboxylic acids is 2. The van der Waals surface area contributed by atoms with Gasteiger partial charge in [0.25, 0.3) is 0 Å². The van der Waals surface area contributed by atoms with E-state index in [1.54, 1.807) is 0 Å². The Balaban J connectivity index is 2.00. The molecule has 0 heterocycles. The number of rotatable bonds is 7. The molecule has 0 amide bonds. The molecular formula is C20H32N2O4. The van der Waals surface area contributed by atoms with Crippen molar-refractivity contribution in [3.63, 3.8) is 0 Å². The van der Waals surface area contributed by atoms with E-state index in [-0.39, 0.29) is 47.3 Å². The molecule has 26 heavy (non-hydrogen) atoms. The molecule has 4 atom stereocenters. The SMILES string of the molecule is C/C(=N/N=C(/C)C1CC(CC(=O)O)C1(C)C)C1CC(CC(=O)O)C1(C)C. The molecule has 2 aliphatic rings. The van der Waals surface area contributed by atoms with Gasteiger partial charge < -0.3 is 10.2 Å². The lowest BCUT2D eigenvalue weighted by Crippen LogP contribution is -2.49. The Labute approximate surface area is 155 Å². The number of nitrogens with zero attached hydrogens (tertiary/aromatic N) is 2. The summed E-state index contributed by atoms with van der Waals surface area (Å²) in [6, 6.07) is 0. The van der Waals surface area contributed by atoms with Crippen LogP contribution in [0, 0.1) is 34.5 Å². The number of hydrogen-bond donors (Lipinski definition) is 2. The first-order valence-corrected chi connectivity index (χ1v) is 9.39. The van der Waals surface area contributed by atoms with Crippen molar-refractivity contribution in [2.45, 2.75) is 67.2 Å². The maximum atomic E-state index is 11.0. The van der Waals surface area contributed by atoms with E-state index in [0.29, 0.717) is 0 Å². The molecule has 2 N–H and O–H groups in total. The standard InChI is InChI=1S/C20H32N2O4/c1-11(15-7-13(9-17(23)24)19(15,3)4)21-22-12(2)16-8-14(10-18(25)26)20(16,5)6/h13-16H,7-10H2,1-6H3,(H,23,24)(H,25,26)/b21-11-,22-12-. The fourth-order valence-electron chi connectivity index (χ4n) is 4.86. The summed E-state index contributed by atoms with van der Waals surface area (Å²) in [7, 11) is 0. The van der Waals surface area contributed by atoms with Crippen molar-refractivity contribution in [3.8, 4) is 0 Å². The Morgan fingerprint density at radius 2 is 1.12 bits per heavy atom. The number of hydrogen-bond acceptors (Lipinski definition) is 4. The maximum Gasteiger partial charge on any atom is 0.303 e. The van der Waals surface area contributed by atoms with Crippen molar-refractivity contribution in [3.05, 3.63) is 0 Å². The quantitative estimate of drug-likeness (QED) is 0.525. The Hall–Kier alpha value is -1.72. The topological polar surface area (TPSA) is 99.3 Å². The summed E-state index contributed by atoms with van der Waals surface area (Å²) in [5, 5.41) is 26.9. The summed E-state index contributed by atoms with van der Waals surface area (Å²) in [6.45, 7) is 12.4. The molecule has 0 spiro atoms. The van der Waals surface area contributed by atoms with Crippen LogP contribution < -0.4 is 0 Å². The Morgan fingerprint density at radius 1 is 0.808 bits per heavy atom. The Kier molecular flexibility index (Phi) is 5.64. The van der Waals surface area contributed by atoms with Crippen molar-refractivity contribution in [2.75, 3.05) is 0 Å². The number of carboxylic acids is 2. The molecule has 0 aliphatic heterocycles. The first-order valence-electron chi connectivity index (χ1n) is 9.39. The summed E-state index contributed by atoms with van der Waals surface area (Å²) in [6.07, 6.45) is 2.11. The molecule has 0 radical (unpaired) electrons. The molecule has 6 nitrogen and oxygen atoms in total. The van der Waals surface area contributed by atoms with Gasteiger partial charge in [0.2, 0.25) is 0 Å². The molecule has 2 rings (SSSR count). The lowest BCUT2D eigenvalue weighted by Gasteiger charge is -2.52. The lowest BCUT2D eigenvalue weighted by atomic mass is 9.52. The highest BCUT2D eigenvalue weighted by Gasteiger charge is 2.51. The van der Waals surface area contributed by atoms with Crippen LogP contribution in [-0.4, -0.2) is 33.6 Å². The van der Waals surface area contributed by atoms with E-state index in [1.165, 1.54) is 0 Å². The minimum Gasteiger partial charge on any atom is -0.481 e. The van der Waals surface area contributed by atoms with Gasteiger partial charge in [0, 0.05) is 36.1 Å². The van der Waals surface area contributed by atoms with Crippen LogP contribution >= 0.6 is 0 Å². The molecule has 0 aromatic heterocycles. The smallest absolute Gasteiger partial charge is 0.303 e. The van der Waals surface area contributed by atoms with E-state index in [2.05, 4.69) is 37.9 Å². The minimum absolute atomic E-state index is 0.0717. The van der Waals surface area contributed by atoms with Crippen molar-refractivity contribution >= 4 is 23.4 Å². The summed E-state index contributed by atoms with van der Waals surface area (Å²) >= 11 is 0. The second kappa shape index (κ2) is 7.12. The highest BCUT2D eigenvalue weighted by molar-refractivity contribution is 5.90. The first kappa shape index (κ1) is 20.6. The van der Waals surface area contributed by atoms with Gasteiger partial charge in [-0.25, -0.2) is 0 Å². The van der Waals surface area contributed by atoms with Crippen molar-refractivity contribution < 1.29 is 19.8 Å². The number of carboxylic acid groups (broad SMARTS) is 2. The van der Waals surface area contributed by atoms with Crippen LogP contribution in [0.1, 0.15) is 67.2 Å². The maximum absolute atomic E-state index is 11.0. The average Bonchev–Trinajstić information content (AvgIpc) is 2.51. The van der Waals surface area contributed by atoms with Crippen LogP contribution in [-0.2, 0) is 9.59 Å². The van der Waals surface area contributed by atoms with Gasteiger partial charge in [-0.1, -0.05) is 27.7 Å². The van der Waals surface area contributed by atoms with E-state index in [9.17, 15) is 9.59 Å². The van der Waals surface area contributed by atoms with Crippen molar-refractivity contribution in [2.24, 2.45) is 44.7 Å². The van der Waals surface area contributed by atoms with E-state index in [4.69, 9.17) is 10.2 Å². The summed E-state index contributed by atoms with van der Waals surface area (Å²) in [5.41, 5.74) is 1.76.